The summed E-state index contributed by atoms with van der Waals surface area (Å²) in [7, 11) is -4.00. The molecule has 0 radical (unpaired) electrons. The number of aliphatic carboxylic acids is 1. The lowest BCUT2D eigenvalue weighted by Gasteiger charge is -2.17. The van der Waals surface area contributed by atoms with E-state index in [4.69, 9.17) is 5.11 Å². The number of carbonyl (C=O) groups is 1. The van der Waals surface area contributed by atoms with Gasteiger partial charge in [0.05, 0.1) is 11.3 Å². The van der Waals surface area contributed by atoms with Crippen molar-refractivity contribution in [2.24, 2.45) is 5.92 Å². The molecule has 0 fully saturated rings. The van der Waals surface area contributed by atoms with Gasteiger partial charge in [0.2, 0.25) is 0 Å². The first-order chi connectivity index (χ1) is 9.45. The van der Waals surface area contributed by atoms with Gasteiger partial charge in [-0.1, -0.05) is 26.0 Å². The average molecular weight is 324 g/mol. The van der Waals surface area contributed by atoms with E-state index in [1.54, 1.807) is 0 Å². The Morgan fingerprint density at radius 2 is 1.67 bits per heavy atom. The van der Waals surface area contributed by atoms with Gasteiger partial charge in [-0.05, 0) is 23.6 Å². The van der Waals surface area contributed by atoms with Gasteiger partial charge in [-0.2, -0.15) is 13.2 Å². The molecule has 1 atom stereocenters. The summed E-state index contributed by atoms with van der Waals surface area (Å²) in [6.45, 7) is 2.92. The number of hydrogen-bond donors (Lipinski definition) is 1. The molecule has 118 valence electrons. The van der Waals surface area contributed by atoms with Crippen molar-refractivity contribution in [3.05, 3.63) is 35.4 Å². The molecule has 4 nitrogen and oxygen atoms in total. The van der Waals surface area contributed by atoms with Crippen LogP contribution in [0.15, 0.2) is 24.3 Å². The van der Waals surface area contributed by atoms with Crippen molar-refractivity contribution in [2.45, 2.75) is 31.0 Å². The summed E-state index contributed by atoms with van der Waals surface area (Å²) < 4.78 is 61.3. The molecule has 1 aromatic rings. The Morgan fingerprint density at radius 3 is 2.00 bits per heavy atom. The van der Waals surface area contributed by atoms with Crippen LogP contribution in [0, 0.1) is 5.92 Å². The molecule has 0 aliphatic rings. The van der Waals surface area contributed by atoms with E-state index in [9.17, 15) is 26.4 Å². The van der Waals surface area contributed by atoms with E-state index in [2.05, 4.69) is 0 Å². The molecule has 8 heteroatoms. The van der Waals surface area contributed by atoms with Crippen LogP contribution in [0.1, 0.15) is 25.0 Å². The highest BCUT2D eigenvalue weighted by Gasteiger charge is 2.35. The zero-order chi connectivity index (χ0) is 16.4. The standard InChI is InChI=1S/C13H15F3O4S/c1-8(2)11(12(17)18)21(19,20)7-9-3-5-10(6-4-9)13(14,15)16/h3-6,8,11H,7H2,1-2H3,(H,17,18). The third-order valence-electron chi connectivity index (χ3n) is 2.88. The summed E-state index contributed by atoms with van der Waals surface area (Å²) in [4.78, 5) is 11.0. The number of sulfone groups is 1. The number of alkyl halides is 3. The molecule has 0 spiro atoms. The van der Waals surface area contributed by atoms with Crippen LogP contribution < -0.4 is 0 Å². The van der Waals surface area contributed by atoms with Crippen LogP contribution in [0.4, 0.5) is 13.2 Å². The fourth-order valence-corrected chi connectivity index (χ4v) is 3.94. The maximum atomic E-state index is 12.4. The molecule has 0 heterocycles. The summed E-state index contributed by atoms with van der Waals surface area (Å²) in [5.74, 6) is -2.71. The summed E-state index contributed by atoms with van der Waals surface area (Å²) in [6.07, 6.45) is -4.50. The van der Waals surface area contributed by atoms with E-state index in [1.165, 1.54) is 13.8 Å². The first-order valence-corrected chi connectivity index (χ1v) is 7.77. The number of rotatable bonds is 5. The van der Waals surface area contributed by atoms with Crippen molar-refractivity contribution < 1.29 is 31.5 Å². The highest BCUT2D eigenvalue weighted by molar-refractivity contribution is 7.92. The normalized spacial score (nSPS) is 14.2. The van der Waals surface area contributed by atoms with Crippen LogP contribution in [0.2, 0.25) is 0 Å². The Morgan fingerprint density at radius 1 is 1.19 bits per heavy atom. The predicted octanol–water partition coefficient (Wildman–Crippen LogP) is 2.73. The predicted molar refractivity (Wildman–Crippen MR) is 70.3 cm³/mol. The Hall–Kier alpha value is -1.57. The molecule has 0 saturated heterocycles. The number of hydrogen-bond acceptors (Lipinski definition) is 3. The van der Waals surface area contributed by atoms with E-state index in [0.29, 0.717) is 0 Å². The molecular weight excluding hydrogens is 309 g/mol. The Balaban J connectivity index is 3.02. The van der Waals surface area contributed by atoms with Crippen molar-refractivity contribution in [1.82, 2.24) is 0 Å². The minimum atomic E-state index is -4.50. The molecule has 0 aliphatic carbocycles. The van der Waals surface area contributed by atoms with Crippen LogP contribution in [-0.2, 0) is 26.6 Å². The summed E-state index contributed by atoms with van der Waals surface area (Å²) >= 11 is 0. The van der Waals surface area contributed by atoms with E-state index >= 15 is 0 Å². The third kappa shape index (κ3) is 4.45. The van der Waals surface area contributed by atoms with Crippen LogP contribution >= 0.6 is 0 Å². The molecule has 0 saturated carbocycles. The zero-order valence-electron chi connectivity index (χ0n) is 11.4. The second-order valence-electron chi connectivity index (χ2n) is 5.00. The highest BCUT2D eigenvalue weighted by atomic mass is 32.2. The van der Waals surface area contributed by atoms with Gasteiger partial charge in [0, 0.05) is 0 Å². The SMILES string of the molecule is CC(C)C(C(=O)O)S(=O)(=O)Cc1ccc(C(F)(F)F)cc1. The maximum absolute atomic E-state index is 12.4. The van der Waals surface area contributed by atoms with Crippen LogP contribution in [0.25, 0.3) is 0 Å². The second kappa shape index (κ2) is 6.05. The van der Waals surface area contributed by atoms with Crippen molar-refractivity contribution in [3.8, 4) is 0 Å². The van der Waals surface area contributed by atoms with Gasteiger partial charge in [0.1, 0.15) is 0 Å². The smallest absolute Gasteiger partial charge is 0.416 e. The minimum Gasteiger partial charge on any atom is -0.480 e. The molecule has 1 N–H and O–H groups in total. The van der Waals surface area contributed by atoms with E-state index in [1.807, 2.05) is 0 Å². The van der Waals surface area contributed by atoms with Crippen LogP contribution in [0.5, 0.6) is 0 Å². The molecule has 21 heavy (non-hydrogen) atoms. The molecule has 0 bridgehead atoms. The first-order valence-electron chi connectivity index (χ1n) is 6.05. The first kappa shape index (κ1) is 17.5. The maximum Gasteiger partial charge on any atom is 0.416 e. The molecule has 1 unspecified atom stereocenters. The van der Waals surface area contributed by atoms with Crippen molar-refractivity contribution in [3.63, 3.8) is 0 Å². The van der Waals surface area contributed by atoms with Gasteiger partial charge in [-0.15, -0.1) is 0 Å². The lowest BCUT2D eigenvalue weighted by molar-refractivity contribution is -0.138. The third-order valence-corrected chi connectivity index (χ3v) is 5.14. The molecule has 1 aromatic carbocycles. The molecule has 0 aliphatic heterocycles. The Bertz CT molecular complexity index is 603. The zero-order valence-corrected chi connectivity index (χ0v) is 12.2. The van der Waals surface area contributed by atoms with Crippen LogP contribution in [-0.4, -0.2) is 24.7 Å². The van der Waals surface area contributed by atoms with E-state index in [-0.39, 0.29) is 5.56 Å². The topological polar surface area (TPSA) is 71.4 Å². The lowest BCUT2D eigenvalue weighted by Crippen LogP contribution is -2.35. The average Bonchev–Trinajstić information content (AvgIpc) is 2.25. The molecule has 0 aromatic heterocycles. The molecule has 0 amide bonds. The fourth-order valence-electron chi connectivity index (χ4n) is 1.97. The number of benzene rings is 1. The lowest BCUT2D eigenvalue weighted by atomic mass is 10.1. The number of halogens is 3. The summed E-state index contributed by atoms with van der Waals surface area (Å²) in [5.41, 5.74) is -0.766. The van der Waals surface area contributed by atoms with Gasteiger partial charge < -0.3 is 5.11 Å². The van der Waals surface area contributed by atoms with Crippen LogP contribution in [0.3, 0.4) is 0 Å². The number of carboxylic acids is 1. The monoisotopic (exact) mass is 324 g/mol. The highest BCUT2D eigenvalue weighted by Crippen LogP contribution is 2.29. The van der Waals surface area contributed by atoms with Gasteiger partial charge in [0.25, 0.3) is 0 Å². The molecular formula is C13H15F3O4S. The number of carboxylic acid groups (broad SMARTS) is 1. The van der Waals surface area contributed by atoms with Gasteiger partial charge in [-0.25, -0.2) is 8.42 Å². The van der Waals surface area contributed by atoms with E-state index in [0.717, 1.165) is 24.3 Å². The Labute approximate surface area is 120 Å². The minimum absolute atomic E-state index is 0.120. The second-order valence-corrected chi connectivity index (χ2v) is 7.13. The fraction of sp³-hybridized carbons (Fsp3) is 0.462. The van der Waals surface area contributed by atoms with E-state index < -0.39 is 44.5 Å². The van der Waals surface area contributed by atoms with Gasteiger partial charge >= 0.3 is 12.1 Å². The van der Waals surface area contributed by atoms with Crippen molar-refractivity contribution in [2.75, 3.05) is 0 Å². The van der Waals surface area contributed by atoms with Crippen molar-refractivity contribution >= 4 is 15.8 Å². The Kier molecular flexibility index (Phi) is 5.03. The van der Waals surface area contributed by atoms with Gasteiger partial charge in [-0.3, -0.25) is 4.79 Å². The largest absolute Gasteiger partial charge is 0.480 e. The summed E-state index contributed by atoms with van der Waals surface area (Å²) in [5, 5.41) is 7.40. The molecule has 1 rings (SSSR count). The summed E-state index contributed by atoms with van der Waals surface area (Å²) in [6, 6.07) is 3.63. The van der Waals surface area contributed by atoms with Gasteiger partial charge in [0.15, 0.2) is 15.1 Å². The van der Waals surface area contributed by atoms with Crippen molar-refractivity contribution in [1.29, 1.82) is 0 Å². The quantitative estimate of drug-likeness (QED) is 0.904.